The molecule has 200 valence electrons. The fourth-order valence-electron chi connectivity index (χ4n) is 4.16. The van der Waals surface area contributed by atoms with Crippen LogP contribution in [0.4, 0.5) is 18.9 Å². The normalized spacial score (nSPS) is 16.1. The number of benzene rings is 2. The van der Waals surface area contributed by atoms with Crippen molar-refractivity contribution in [3.63, 3.8) is 0 Å². The molecule has 0 aliphatic carbocycles. The van der Waals surface area contributed by atoms with Crippen LogP contribution in [0.25, 0.3) is 0 Å². The van der Waals surface area contributed by atoms with E-state index in [1.807, 2.05) is 6.92 Å². The second-order valence-electron chi connectivity index (χ2n) is 9.66. The molecular weight excluding hydrogens is 491 g/mol. The Morgan fingerprint density at radius 2 is 1.65 bits per heavy atom. The maximum Gasteiger partial charge on any atom is 0.573 e. The third kappa shape index (κ3) is 7.61. The van der Waals surface area contributed by atoms with Gasteiger partial charge in [0.05, 0.1) is 5.56 Å². The van der Waals surface area contributed by atoms with Gasteiger partial charge in [-0.05, 0) is 68.1 Å². The van der Waals surface area contributed by atoms with Crippen molar-refractivity contribution in [2.45, 2.75) is 51.6 Å². The molecule has 3 N–H and O–H groups in total. The number of halogens is 3. The molecule has 2 aromatic carbocycles. The van der Waals surface area contributed by atoms with E-state index in [0.717, 1.165) is 17.8 Å². The zero-order valence-corrected chi connectivity index (χ0v) is 20.8. The van der Waals surface area contributed by atoms with E-state index in [1.54, 1.807) is 30.9 Å². The monoisotopic (exact) mass is 521 g/mol. The number of amides is 2. The molecular formula is C26H30F3N3O5. The number of ether oxygens (including phenoxy) is 1. The van der Waals surface area contributed by atoms with Crippen LogP contribution in [0.5, 0.6) is 5.75 Å². The van der Waals surface area contributed by atoms with Crippen LogP contribution in [0.2, 0.25) is 0 Å². The van der Waals surface area contributed by atoms with Gasteiger partial charge in [0.25, 0.3) is 5.91 Å². The number of likely N-dealkylation sites (tertiary alicyclic amines) is 1. The standard InChI is InChI=1S/C26H30F3N3O5/c1-16(2)21(30-22(33)18-5-4-6-20(15-18)37-26(27,28)29)23(34)32-13-11-25(3,12-14-32)31-19-9-7-17(8-10-19)24(35)36/h4-10,15-16,21,31H,11-14H2,1-3H3,(H,30,33)(H,35,36). The maximum absolute atomic E-state index is 13.3. The largest absolute Gasteiger partial charge is 0.573 e. The molecule has 1 unspecified atom stereocenters. The summed E-state index contributed by atoms with van der Waals surface area (Å²) < 4.78 is 41.5. The lowest BCUT2D eigenvalue weighted by molar-refractivity contribution is -0.274. The zero-order chi connectivity index (χ0) is 27.4. The molecule has 1 atom stereocenters. The number of carbonyl (C=O) groups excluding carboxylic acids is 2. The SMILES string of the molecule is CC(C)C(NC(=O)c1cccc(OC(F)(F)F)c1)C(=O)N1CCC(C)(Nc2ccc(C(=O)O)cc2)CC1. The Labute approximate surface area is 212 Å². The molecule has 0 saturated carbocycles. The Balaban J connectivity index is 1.62. The molecule has 2 aromatic rings. The highest BCUT2D eigenvalue weighted by Crippen LogP contribution is 2.28. The van der Waals surface area contributed by atoms with Crippen LogP contribution in [-0.4, -0.2) is 58.8 Å². The lowest BCUT2D eigenvalue weighted by atomic mass is 9.88. The van der Waals surface area contributed by atoms with Crippen LogP contribution in [0.15, 0.2) is 48.5 Å². The molecule has 1 saturated heterocycles. The predicted molar refractivity (Wildman–Crippen MR) is 130 cm³/mol. The van der Waals surface area contributed by atoms with E-state index in [-0.39, 0.29) is 28.5 Å². The number of hydrogen-bond donors (Lipinski definition) is 3. The van der Waals surface area contributed by atoms with E-state index in [2.05, 4.69) is 15.4 Å². The summed E-state index contributed by atoms with van der Waals surface area (Å²) in [4.78, 5) is 38.8. The first kappa shape index (κ1) is 27.8. The minimum Gasteiger partial charge on any atom is -0.478 e. The summed E-state index contributed by atoms with van der Waals surface area (Å²) in [5.41, 5.74) is 0.593. The quantitative estimate of drug-likeness (QED) is 0.471. The van der Waals surface area contributed by atoms with Gasteiger partial charge >= 0.3 is 12.3 Å². The molecule has 0 aromatic heterocycles. The number of piperidine rings is 1. The van der Waals surface area contributed by atoms with Gasteiger partial charge in [-0.1, -0.05) is 19.9 Å². The third-order valence-electron chi connectivity index (χ3n) is 6.31. The van der Waals surface area contributed by atoms with Crippen molar-refractivity contribution >= 4 is 23.5 Å². The Bertz CT molecular complexity index is 1130. The van der Waals surface area contributed by atoms with Crippen LogP contribution >= 0.6 is 0 Å². The number of carboxylic acid groups (broad SMARTS) is 1. The molecule has 1 aliphatic heterocycles. The van der Waals surface area contributed by atoms with Gasteiger partial charge in [0.1, 0.15) is 11.8 Å². The summed E-state index contributed by atoms with van der Waals surface area (Å²) in [6, 6.07) is 10.3. The van der Waals surface area contributed by atoms with Crippen molar-refractivity contribution in [2.75, 3.05) is 18.4 Å². The van der Waals surface area contributed by atoms with Crippen LogP contribution in [-0.2, 0) is 4.79 Å². The van der Waals surface area contributed by atoms with Gasteiger partial charge in [0.15, 0.2) is 0 Å². The first-order valence-electron chi connectivity index (χ1n) is 11.8. The fraction of sp³-hybridized carbons (Fsp3) is 0.423. The Hall–Kier alpha value is -3.76. The molecule has 1 heterocycles. The van der Waals surface area contributed by atoms with E-state index in [1.165, 1.54) is 24.3 Å². The Morgan fingerprint density at radius 3 is 2.19 bits per heavy atom. The third-order valence-corrected chi connectivity index (χ3v) is 6.31. The average molecular weight is 522 g/mol. The van der Waals surface area contributed by atoms with Crippen molar-refractivity contribution < 1.29 is 37.4 Å². The van der Waals surface area contributed by atoms with E-state index < -0.39 is 30.0 Å². The molecule has 1 fully saturated rings. The number of carbonyl (C=O) groups is 3. The molecule has 11 heteroatoms. The molecule has 8 nitrogen and oxygen atoms in total. The highest BCUT2D eigenvalue weighted by atomic mass is 19.4. The first-order valence-corrected chi connectivity index (χ1v) is 11.8. The van der Waals surface area contributed by atoms with Gasteiger partial charge in [-0.3, -0.25) is 9.59 Å². The highest BCUT2D eigenvalue weighted by molar-refractivity contribution is 5.98. The number of aromatic carboxylic acids is 1. The van der Waals surface area contributed by atoms with Crippen LogP contribution < -0.4 is 15.4 Å². The summed E-state index contributed by atoms with van der Waals surface area (Å²) in [6.07, 6.45) is -3.64. The smallest absolute Gasteiger partial charge is 0.478 e. The van der Waals surface area contributed by atoms with E-state index in [9.17, 15) is 27.6 Å². The van der Waals surface area contributed by atoms with Gasteiger partial charge < -0.3 is 25.4 Å². The van der Waals surface area contributed by atoms with E-state index in [4.69, 9.17) is 5.11 Å². The number of carboxylic acids is 1. The van der Waals surface area contributed by atoms with Gasteiger partial charge in [0.2, 0.25) is 5.91 Å². The van der Waals surface area contributed by atoms with E-state index >= 15 is 0 Å². The number of hydrogen-bond acceptors (Lipinski definition) is 5. The Kier molecular flexibility index (Phi) is 8.35. The van der Waals surface area contributed by atoms with Gasteiger partial charge in [-0.15, -0.1) is 13.2 Å². The minimum atomic E-state index is -4.88. The Morgan fingerprint density at radius 1 is 1.03 bits per heavy atom. The van der Waals surface area contributed by atoms with Gasteiger partial charge in [-0.2, -0.15) is 0 Å². The summed E-state index contributed by atoms with van der Waals surface area (Å²) >= 11 is 0. The van der Waals surface area contributed by atoms with E-state index in [0.29, 0.717) is 25.9 Å². The predicted octanol–water partition coefficient (Wildman–Crippen LogP) is 4.53. The van der Waals surface area contributed by atoms with Crippen LogP contribution in [0.3, 0.4) is 0 Å². The number of rotatable bonds is 8. The topological polar surface area (TPSA) is 108 Å². The lowest BCUT2D eigenvalue weighted by Crippen LogP contribution is -2.56. The second kappa shape index (κ2) is 11.1. The van der Waals surface area contributed by atoms with Crippen LogP contribution in [0.1, 0.15) is 54.3 Å². The summed E-state index contributed by atoms with van der Waals surface area (Å²) in [5.74, 6) is -2.72. The summed E-state index contributed by atoms with van der Waals surface area (Å²) in [6.45, 7) is 6.45. The van der Waals surface area contributed by atoms with Gasteiger partial charge in [-0.25, -0.2) is 4.79 Å². The summed E-state index contributed by atoms with van der Waals surface area (Å²) in [5, 5.41) is 15.1. The molecule has 0 radical (unpaired) electrons. The second-order valence-corrected chi connectivity index (χ2v) is 9.66. The zero-order valence-electron chi connectivity index (χ0n) is 20.8. The maximum atomic E-state index is 13.3. The van der Waals surface area contributed by atoms with Crippen molar-refractivity contribution in [2.24, 2.45) is 5.92 Å². The number of nitrogens with one attached hydrogen (secondary N) is 2. The van der Waals surface area contributed by atoms with Crippen molar-refractivity contribution in [3.8, 4) is 5.75 Å². The highest BCUT2D eigenvalue weighted by Gasteiger charge is 2.36. The lowest BCUT2D eigenvalue weighted by Gasteiger charge is -2.42. The minimum absolute atomic E-state index is 0.0514. The molecule has 3 rings (SSSR count). The first-order chi connectivity index (χ1) is 17.3. The average Bonchev–Trinajstić information content (AvgIpc) is 2.81. The number of anilines is 1. The van der Waals surface area contributed by atoms with Crippen molar-refractivity contribution in [3.05, 3.63) is 59.7 Å². The molecule has 37 heavy (non-hydrogen) atoms. The molecule has 0 spiro atoms. The van der Waals surface area contributed by atoms with Crippen LogP contribution in [0, 0.1) is 5.92 Å². The number of alkyl halides is 3. The molecule has 0 bridgehead atoms. The van der Waals surface area contributed by atoms with Crippen molar-refractivity contribution in [1.82, 2.24) is 10.2 Å². The molecule has 2 amide bonds. The van der Waals surface area contributed by atoms with Gasteiger partial charge in [0, 0.05) is 29.9 Å². The molecule has 1 aliphatic rings. The number of nitrogens with zero attached hydrogens (tertiary/aromatic N) is 1. The van der Waals surface area contributed by atoms with Crippen molar-refractivity contribution in [1.29, 1.82) is 0 Å². The fourth-order valence-corrected chi connectivity index (χ4v) is 4.16. The summed E-state index contributed by atoms with van der Waals surface area (Å²) in [7, 11) is 0.